The Morgan fingerprint density at radius 3 is 2.41 bits per heavy atom. The Balaban J connectivity index is 2.61. The van der Waals surface area contributed by atoms with Crippen LogP contribution in [0.4, 0.5) is 0 Å². The van der Waals surface area contributed by atoms with Crippen LogP contribution in [0.25, 0.3) is 0 Å². The maximum absolute atomic E-state index is 5.83. The summed E-state index contributed by atoms with van der Waals surface area (Å²) >= 11 is 0. The van der Waals surface area contributed by atoms with Crippen molar-refractivity contribution < 1.29 is 4.74 Å². The van der Waals surface area contributed by atoms with Gasteiger partial charge in [-0.05, 0) is 44.5 Å². The summed E-state index contributed by atoms with van der Waals surface area (Å²) in [6.45, 7) is 6.13. The highest BCUT2D eigenvalue weighted by atomic mass is 16.5. The molecule has 1 unspecified atom stereocenters. The molecule has 17 heavy (non-hydrogen) atoms. The second kappa shape index (κ2) is 6.98. The average molecular weight is 231 g/mol. The normalized spacial score (nSPS) is 11.8. The molecule has 0 radical (unpaired) electrons. The molecule has 0 saturated heterocycles. The summed E-state index contributed by atoms with van der Waals surface area (Å²) in [5.74, 6) is 7.00. The maximum Gasteiger partial charge on any atom is 0.119 e. The number of hydrogen-bond donors (Lipinski definition) is 1. The molecule has 92 valence electrons. The van der Waals surface area contributed by atoms with Gasteiger partial charge in [-0.2, -0.15) is 0 Å². The average Bonchev–Trinajstić information content (AvgIpc) is 2.28. The van der Waals surface area contributed by atoms with E-state index < -0.39 is 0 Å². The van der Waals surface area contributed by atoms with Crippen molar-refractivity contribution >= 4 is 0 Å². The fourth-order valence-electron chi connectivity index (χ4n) is 1.45. The quantitative estimate of drug-likeness (QED) is 0.809. The molecule has 1 rings (SSSR count). The van der Waals surface area contributed by atoms with Gasteiger partial charge in [0.15, 0.2) is 0 Å². The van der Waals surface area contributed by atoms with Crippen LogP contribution in [0.1, 0.15) is 39.2 Å². The third-order valence-corrected chi connectivity index (χ3v) is 2.23. The SMILES string of the molecule is CCCC(N)C#Cc1ccc(OC(C)C)cc1. The number of rotatable bonds is 4. The summed E-state index contributed by atoms with van der Waals surface area (Å²) < 4.78 is 5.56. The largest absolute Gasteiger partial charge is 0.491 e. The van der Waals surface area contributed by atoms with Gasteiger partial charge in [0.2, 0.25) is 0 Å². The van der Waals surface area contributed by atoms with E-state index >= 15 is 0 Å². The molecule has 0 heterocycles. The van der Waals surface area contributed by atoms with E-state index in [-0.39, 0.29) is 12.1 Å². The van der Waals surface area contributed by atoms with E-state index in [1.807, 2.05) is 38.1 Å². The van der Waals surface area contributed by atoms with Gasteiger partial charge in [-0.25, -0.2) is 0 Å². The molecular weight excluding hydrogens is 210 g/mol. The Morgan fingerprint density at radius 1 is 1.24 bits per heavy atom. The smallest absolute Gasteiger partial charge is 0.119 e. The lowest BCUT2D eigenvalue weighted by molar-refractivity contribution is 0.242. The van der Waals surface area contributed by atoms with Crippen molar-refractivity contribution in [2.75, 3.05) is 0 Å². The number of hydrogen-bond acceptors (Lipinski definition) is 2. The zero-order valence-corrected chi connectivity index (χ0v) is 10.9. The van der Waals surface area contributed by atoms with E-state index in [1.54, 1.807) is 0 Å². The zero-order chi connectivity index (χ0) is 12.7. The molecule has 0 bridgehead atoms. The van der Waals surface area contributed by atoms with Crippen LogP contribution in [0, 0.1) is 11.8 Å². The lowest BCUT2D eigenvalue weighted by Crippen LogP contribution is -2.16. The molecule has 2 N–H and O–H groups in total. The molecule has 1 aromatic carbocycles. The fraction of sp³-hybridized carbons (Fsp3) is 0.467. The van der Waals surface area contributed by atoms with Gasteiger partial charge in [0.1, 0.15) is 5.75 Å². The Labute approximate surface area is 104 Å². The molecule has 0 amide bonds. The summed E-state index contributed by atoms with van der Waals surface area (Å²) in [5, 5.41) is 0. The van der Waals surface area contributed by atoms with E-state index in [9.17, 15) is 0 Å². The van der Waals surface area contributed by atoms with Crippen molar-refractivity contribution in [3.8, 4) is 17.6 Å². The van der Waals surface area contributed by atoms with Crippen molar-refractivity contribution in [2.24, 2.45) is 5.73 Å². The second-order valence-electron chi connectivity index (χ2n) is 4.36. The standard InChI is InChI=1S/C15H21NO/c1-4-5-14(16)9-6-13-7-10-15(11-8-13)17-12(2)3/h7-8,10-12,14H,4-5,16H2,1-3H3. The van der Waals surface area contributed by atoms with Crippen LogP contribution in [0.5, 0.6) is 5.75 Å². The number of ether oxygens (including phenoxy) is 1. The molecule has 0 fully saturated rings. The van der Waals surface area contributed by atoms with Gasteiger partial charge < -0.3 is 10.5 Å². The molecular formula is C15H21NO. The lowest BCUT2D eigenvalue weighted by Gasteiger charge is -2.08. The minimum Gasteiger partial charge on any atom is -0.491 e. The Kier molecular flexibility index (Phi) is 5.59. The van der Waals surface area contributed by atoms with E-state index in [2.05, 4.69) is 18.8 Å². The molecule has 0 aliphatic rings. The van der Waals surface area contributed by atoms with Crippen LogP contribution in [0.3, 0.4) is 0 Å². The van der Waals surface area contributed by atoms with Gasteiger partial charge in [0, 0.05) is 5.56 Å². The van der Waals surface area contributed by atoms with Gasteiger partial charge >= 0.3 is 0 Å². The maximum atomic E-state index is 5.83. The van der Waals surface area contributed by atoms with Gasteiger partial charge in [0.25, 0.3) is 0 Å². The molecule has 2 heteroatoms. The van der Waals surface area contributed by atoms with Crippen LogP contribution in [0.2, 0.25) is 0 Å². The lowest BCUT2D eigenvalue weighted by atomic mass is 10.1. The van der Waals surface area contributed by atoms with Gasteiger partial charge in [-0.3, -0.25) is 0 Å². The first-order valence-corrected chi connectivity index (χ1v) is 6.15. The molecule has 0 aliphatic carbocycles. The van der Waals surface area contributed by atoms with Crippen molar-refractivity contribution in [1.82, 2.24) is 0 Å². The van der Waals surface area contributed by atoms with Crippen molar-refractivity contribution in [3.05, 3.63) is 29.8 Å². The third kappa shape index (κ3) is 5.42. The van der Waals surface area contributed by atoms with E-state index in [0.717, 1.165) is 24.2 Å². The summed E-state index contributed by atoms with van der Waals surface area (Å²) in [7, 11) is 0. The number of benzene rings is 1. The Hall–Kier alpha value is -1.46. The third-order valence-electron chi connectivity index (χ3n) is 2.23. The molecule has 0 aromatic heterocycles. The van der Waals surface area contributed by atoms with Crippen LogP contribution in [-0.2, 0) is 0 Å². The molecule has 0 aliphatic heterocycles. The predicted molar refractivity (Wildman–Crippen MR) is 72.0 cm³/mol. The van der Waals surface area contributed by atoms with Gasteiger partial charge in [0.05, 0.1) is 12.1 Å². The first-order valence-electron chi connectivity index (χ1n) is 6.15. The van der Waals surface area contributed by atoms with Crippen molar-refractivity contribution in [3.63, 3.8) is 0 Å². The fourth-order valence-corrected chi connectivity index (χ4v) is 1.45. The first-order chi connectivity index (χ1) is 8.11. The summed E-state index contributed by atoms with van der Waals surface area (Å²) in [6.07, 6.45) is 2.21. The van der Waals surface area contributed by atoms with Crippen molar-refractivity contribution in [2.45, 2.75) is 45.8 Å². The summed E-state index contributed by atoms with van der Waals surface area (Å²) in [6, 6.07) is 7.78. The highest BCUT2D eigenvalue weighted by Gasteiger charge is 1.97. The van der Waals surface area contributed by atoms with Gasteiger partial charge in [-0.1, -0.05) is 25.2 Å². The molecule has 0 saturated carbocycles. The molecule has 0 spiro atoms. The van der Waals surface area contributed by atoms with Crippen LogP contribution in [-0.4, -0.2) is 12.1 Å². The summed E-state index contributed by atoms with van der Waals surface area (Å²) in [4.78, 5) is 0. The highest BCUT2D eigenvalue weighted by molar-refractivity contribution is 5.38. The van der Waals surface area contributed by atoms with E-state index in [0.29, 0.717) is 0 Å². The Morgan fingerprint density at radius 2 is 1.88 bits per heavy atom. The zero-order valence-electron chi connectivity index (χ0n) is 10.9. The molecule has 2 nitrogen and oxygen atoms in total. The van der Waals surface area contributed by atoms with Crippen molar-refractivity contribution in [1.29, 1.82) is 0 Å². The second-order valence-corrected chi connectivity index (χ2v) is 4.36. The summed E-state index contributed by atoms with van der Waals surface area (Å²) in [5.41, 5.74) is 6.81. The van der Waals surface area contributed by atoms with E-state index in [4.69, 9.17) is 10.5 Å². The minimum absolute atomic E-state index is 0.0217. The van der Waals surface area contributed by atoms with E-state index in [1.165, 1.54) is 0 Å². The number of nitrogens with two attached hydrogens (primary N) is 1. The molecule has 1 aromatic rings. The first kappa shape index (κ1) is 13.6. The van der Waals surface area contributed by atoms with Crippen LogP contribution in [0.15, 0.2) is 24.3 Å². The Bertz CT molecular complexity index is 384. The highest BCUT2D eigenvalue weighted by Crippen LogP contribution is 2.13. The van der Waals surface area contributed by atoms with Gasteiger partial charge in [-0.15, -0.1) is 0 Å². The minimum atomic E-state index is -0.0217. The van der Waals surface area contributed by atoms with Crippen LogP contribution < -0.4 is 10.5 Å². The predicted octanol–water partition coefficient (Wildman–Crippen LogP) is 2.95. The van der Waals surface area contributed by atoms with Crippen LogP contribution >= 0.6 is 0 Å². The monoisotopic (exact) mass is 231 g/mol. The molecule has 1 atom stereocenters. The topological polar surface area (TPSA) is 35.2 Å².